The molecule has 8 heteroatoms. The molecule has 3 aromatic carbocycles. The number of ether oxygens (including phenoxy) is 1. The van der Waals surface area contributed by atoms with Gasteiger partial charge in [0.1, 0.15) is 23.2 Å². The Morgan fingerprint density at radius 2 is 1.79 bits per heavy atom. The Bertz CT molecular complexity index is 1220. The van der Waals surface area contributed by atoms with Crippen LogP contribution in [0.15, 0.2) is 82.8 Å². The van der Waals surface area contributed by atoms with Crippen molar-refractivity contribution < 1.29 is 18.7 Å². The molecule has 0 spiro atoms. The Kier molecular flexibility index (Phi) is 8.33. The molecule has 0 atom stereocenters. The Labute approximate surface area is 198 Å². The van der Waals surface area contributed by atoms with Crippen LogP contribution >= 0.6 is 15.9 Å². The maximum Gasteiger partial charge on any atom is 0.262 e. The number of rotatable bonds is 8. The van der Waals surface area contributed by atoms with Crippen molar-refractivity contribution >= 4 is 39.5 Å². The Hall–Kier alpha value is -3.96. The topological polar surface area (TPSA) is 91.2 Å². The first kappa shape index (κ1) is 23.7. The van der Waals surface area contributed by atoms with Gasteiger partial charge in [-0.15, -0.1) is 0 Å². The standard InChI is InChI=1S/C25H19BrFN3O3/c26-20-10-11-23(33-16-24(31)30-22-9-5-4-8-21(22)27)18(13-20)12-19(14-28)25(32)29-15-17-6-2-1-3-7-17/h1-13H,15-16H2,(H,29,32)(H,30,31)/b19-12+. The monoisotopic (exact) mass is 507 g/mol. The number of halogens is 2. The predicted molar refractivity (Wildman–Crippen MR) is 127 cm³/mol. The van der Waals surface area contributed by atoms with E-state index >= 15 is 0 Å². The fraction of sp³-hybridized carbons (Fsp3) is 0.0800. The van der Waals surface area contributed by atoms with Gasteiger partial charge in [-0.3, -0.25) is 9.59 Å². The van der Waals surface area contributed by atoms with Gasteiger partial charge >= 0.3 is 0 Å². The van der Waals surface area contributed by atoms with Gasteiger partial charge in [0.15, 0.2) is 6.61 Å². The third-order valence-electron chi connectivity index (χ3n) is 4.44. The first-order valence-corrected chi connectivity index (χ1v) is 10.7. The minimum atomic E-state index is -0.557. The molecule has 6 nitrogen and oxygen atoms in total. The molecule has 0 aliphatic carbocycles. The smallest absolute Gasteiger partial charge is 0.262 e. The quantitative estimate of drug-likeness (QED) is 0.337. The normalized spacial score (nSPS) is 10.8. The van der Waals surface area contributed by atoms with Gasteiger partial charge in [-0.2, -0.15) is 5.26 Å². The van der Waals surface area contributed by atoms with Gasteiger partial charge in [-0.05, 0) is 42.0 Å². The highest BCUT2D eigenvalue weighted by molar-refractivity contribution is 9.10. The van der Waals surface area contributed by atoms with E-state index < -0.39 is 17.6 Å². The minimum Gasteiger partial charge on any atom is -0.483 e. The van der Waals surface area contributed by atoms with E-state index in [-0.39, 0.29) is 30.2 Å². The Morgan fingerprint density at radius 3 is 2.52 bits per heavy atom. The summed E-state index contributed by atoms with van der Waals surface area (Å²) in [5.41, 5.74) is 1.25. The second-order valence-corrected chi connectivity index (χ2v) is 7.75. The summed E-state index contributed by atoms with van der Waals surface area (Å²) in [6, 6.07) is 22.0. The Morgan fingerprint density at radius 1 is 1.06 bits per heavy atom. The lowest BCUT2D eigenvalue weighted by atomic mass is 10.1. The highest BCUT2D eigenvalue weighted by Gasteiger charge is 2.13. The predicted octanol–water partition coefficient (Wildman–Crippen LogP) is 4.83. The van der Waals surface area contributed by atoms with Gasteiger partial charge in [-0.1, -0.05) is 58.4 Å². The van der Waals surface area contributed by atoms with Crippen molar-refractivity contribution in [1.82, 2.24) is 5.32 Å². The molecule has 0 aromatic heterocycles. The fourth-order valence-corrected chi connectivity index (χ4v) is 3.21. The highest BCUT2D eigenvalue weighted by atomic mass is 79.9. The van der Waals surface area contributed by atoms with Crippen molar-refractivity contribution in [2.45, 2.75) is 6.54 Å². The zero-order chi connectivity index (χ0) is 23.6. The number of nitrogens with one attached hydrogen (secondary N) is 2. The van der Waals surface area contributed by atoms with Crippen LogP contribution in [0.4, 0.5) is 10.1 Å². The molecule has 2 amide bonds. The molecule has 166 valence electrons. The molecule has 0 saturated heterocycles. The van der Waals surface area contributed by atoms with Crippen LogP contribution in [-0.4, -0.2) is 18.4 Å². The van der Waals surface area contributed by atoms with E-state index in [1.54, 1.807) is 24.3 Å². The van der Waals surface area contributed by atoms with E-state index in [0.717, 1.165) is 5.56 Å². The molecule has 2 N–H and O–H groups in total. The first-order chi connectivity index (χ1) is 16.0. The van der Waals surface area contributed by atoms with Crippen LogP contribution in [0.3, 0.4) is 0 Å². The number of nitriles is 1. The molecule has 0 radical (unpaired) electrons. The molecule has 0 saturated carbocycles. The average Bonchev–Trinajstić information content (AvgIpc) is 2.82. The lowest BCUT2D eigenvalue weighted by molar-refractivity contribution is -0.118. The molecule has 3 rings (SSSR count). The molecule has 3 aromatic rings. The number of amides is 2. The largest absolute Gasteiger partial charge is 0.483 e. The number of hydrogen-bond donors (Lipinski definition) is 2. The molecular weight excluding hydrogens is 489 g/mol. The summed E-state index contributed by atoms with van der Waals surface area (Å²) in [4.78, 5) is 24.7. The molecule has 33 heavy (non-hydrogen) atoms. The number of anilines is 1. The number of para-hydroxylation sites is 1. The van der Waals surface area contributed by atoms with E-state index in [0.29, 0.717) is 10.0 Å². The Balaban J connectivity index is 1.70. The molecule has 0 unspecified atom stereocenters. The van der Waals surface area contributed by atoms with E-state index in [4.69, 9.17) is 4.74 Å². The summed E-state index contributed by atoms with van der Waals surface area (Å²) >= 11 is 3.35. The summed E-state index contributed by atoms with van der Waals surface area (Å²) < 4.78 is 20.0. The lowest BCUT2D eigenvalue weighted by Gasteiger charge is -2.11. The van der Waals surface area contributed by atoms with Crippen molar-refractivity contribution in [2.24, 2.45) is 0 Å². The van der Waals surface area contributed by atoms with E-state index in [1.807, 2.05) is 36.4 Å². The van der Waals surface area contributed by atoms with Crippen LogP contribution in [-0.2, 0) is 16.1 Å². The number of nitrogens with zero attached hydrogens (tertiary/aromatic N) is 1. The molecular formula is C25H19BrFN3O3. The van der Waals surface area contributed by atoms with Gasteiger partial charge in [0.25, 0.3) is 11.8 Å². The van der Waals surface area contributed by atoms with Crippen LogP contribution in [0, 0.1) is 17.1 Å². The van der Waals surface area contributed by atoms with Crippen LogP contribution in [0.1, 0.15) is 11.1 Å². The maximum absolute atomic E-state index is 13.7. The van der Waals surface area contributed by atoms with Crippen LogP contribution in [0.2, 0.25) is 0 Å². The summed E-state index contributed by atoms with van der Waals surface area (Å²) in [5.74, 6) is -1.37. The van der Waals surface area contributed by atoms with Gasteiger partial charge in [0.05, 0.1) is 5.69 Å². The van der Waals surface area contributed by atoms with Gasteiger partial charge < -0.3 is 15.4 Å². The van der Waals surface area contributed by atoms with Gasteiger partial charge in [0, 0.05) is 16.6 Å². The number of carbonyl (C=O) groups is 2. The van der Waals surface area contributed by atoms with Crippen molar-refractivity contribution in [3.05, 3.63) is 99.8 Å². The number of hydrogen-bond acceptors (Lipinski definition) is 4. The summed E-state index contributed by atoms with van der Waals surface area (Å²) in [6.45, 7) is -0.115. The first-order valence-electron chi connectivity index (χ1n) is 9.87. The van der Waals surface area contributed by atoms with E-state index in [1.165, 1.54) is 24.3 Å². The molecule has 0 fully saturated rings. The average molecular weight is 508 g/mol. The summed E-state index contributed by atoms with van der Waals surface area (Å²) in [6.07, 6.45) is 1.38. The van der Waals surface area contributed by atoms with E-state index in [2.05, 4.69) is 26.6 Å². The summed E-state index contributed by atoms with van der Waals surface area (Å²) in [5, 5.41) is 14.6. The van der Waals surface area contributed by atoms with Crippen molar-refractivity contribution in [3.8, 4) is 11.8 Å². The van der Waals surface area contributed by atoms with Crippen molar-refractivity contribution in [2.75, 3.05) is 11.9 Å². The highest BCUT2D eigenvalue weighted by Crippen LogP contribution is 2.26. The summed E-state index contributed by atoms with van der Waals surface area (Å²) in [7, 11) is 0. The van der Waals surface area contributed by atoms with Crippen LogP contribution in [0.25, 0.3) is 6.08 Å². The minimum absolute atomic E-state index is 0.0453. The second kappa shape index (κ2) is 11.6. The molecule has 0 aliphatic heterocycles. The molecule has 0 aliphatic rings. The number of benzene rings is 3. The van der Waals surface area contributed by atoms with Gasteiger partial charge in [-0.25, -0.2) is 4.39 Å². The zero-order valence-electron chi connectivity index (χ0n) is 17.3. The van der Waals surface area contributed by atoms with Crippen molar-refractivity contribution in [3.63, 3.8) is 0 Å². The van der Waals surface area contributed by atoms with Gasteiger partial charge in [0.2, 0.25) is 0 Å². The lowest BCUT2D eigenvalue weighted by Crippen LogP contribution is -2.24. The molecule has 0 bridgehead atoms. The third-order valence-corrected chi connectivity index (χ3v) is 4.93. The third kappa shape index (κ3) is 7.02. The number of carbonyl (C=O) groups excluding carboxylic acids is 2. The zero-order valence-corrected chi connectivity index (χ0v) is 18.9. The molecule has 0 heterocycles. The van der Waals surface area contributed by atoms with Crippen LogP contribution < -0.4 is 15.4 Å². The maximum atomic E-state index is 13.7. The fourth-order valence-electron chi connectivity index (χ4n) is 2.83. The van der Waals surface area contributed by atoms with Crippen LogP contribution in [0.5, 0.6) is 5.75 Å². The van der Waals surface area contributed by atoms with E-state index in [9.17, 15) is 19.2 Å². The second-order valence-electron chi connectivity index (χ2n) is 6.84. The SMILES string of the molecule is N#C/C(=C\c1cc(Br)ccc1OCC(=O)Nc1ccccc1F)C(=O)NCc1ccccc1. The van der Waals surface area contributed by atoms with Crippen molar-refractivity contribution in [1.29, 1.82) is 5.26 Å².